The Kier molecular flexibility index (Phi) is 27.9. The first-order valence-corrected chi connectivity index (χ1v) is 5.64. The number of amides is 2. The quantitative estimate of drug-likeness (QED) is 0.281. The largest absolute Gasteiger partial charge is 4.00 e. The van der Waals surface area contributed by atoms with Crippen LogP contribution in [-0.2, 0) is 21.1 Å². The number of carboxylic acid groups (broad SMARTS) is 2. The van der Waals surface area contributed by atoms with Gasteiger partial charge in [-0.2, -0.15) is 0 Å². The zero-order chi connectivity index (χ0) is 14.8. The number of nitrogens with one attached hydrogen (secondary N) is 2. The summed E-state index contributed by atoms with van der Waals surface area (Å²) in [6, 6.07) is 17.2. The summed E-state index contributed by atoms with van der Waals surface area (Å²) >= 11 is 0. The summed E-state index contributed by atoms with van der Waals surface area (Å²) in [5.74, 6) is 0. The molecule has 0 atom stereocenters. The number of carbonyl (C=O) groups excluding carboxylic acids is 2. The van der Waals surface area contributed by atoms with E-state index in [0.717, 1.165) is 0 Å². The van der Waals surface area contributed by atoms with Gasteiger partial charge in [-0.1, -0.05) is 36.4 Å². The van der Waals surface area contributed by atoms with Gasteiger partial charge in [-0.05, 0) is 24.3 Å². The van der Waals surface area contributed by atoms with Gasteiger partial charge in [0.25, 0.3) is 0 Å². The number of para-hydroxylation sites is 2. The van der Waals surface area contributed by atoms with Crippen LogP contribution in [0.15, 0.2) is 60.7 Å². The molecule has 0 spiro atoms. The minimum Gasteiger partial charge on any atom is -1.00 e. The van der Waals surface area contributed by atoms with Gasteiger partial charge in [0.15, 0.2) is 0 Å². The first-order valence-electron chi connectivity index (χ1n) is 5.64. The molecule has 0 saturated carbocycles. The van der Waals surface area contributed by atoms with E-state index >= 15 is 0 Å². The molecule has 2 aromatic rings. The van der Waals surface area contributed by atoms with E-state index in [1.807, 2.05) is 0 Å². The van der Waals surface area contributed by atoms with Gasteiger partial charge in [-0.15, -0.1) is 0 Å². The molecule has 0 aliphatic rings. The van der Waals surface area contributed by atoms with Gasteiger partial charge in [-0.3, -0.25) is 0 Å². The summed E-state index contributed by atoms with van der Waals surface area (Å²) in [5, 5.41) is 24.1. The molecule has 0 fully saturated rings. The molecule has 2 aromatic carbocycles. The fraction of sp³-hybridized carbons (Fsp3) is 0. The second-order valence-electron chi connectivity index (χ2n) is 3.56. The first kappa shape index (κ1) is 34.5. The topological polar surface area (TPSA) is 174 Å². The van der Waals surface area contributed by atoms with Crippen molar-refractivity contribution in [3.8, 4) is 0 Å². The SMILES string of the molecule is N.N.O=C([O-])Nc1ccccc1.O=C([O-])Nc1ccccc1.[Cl-].[Cl-].[Pt+4]. The maximum atomic E-state index is 9.95. The van der Waals surface area contributed by atoms with E-state index in [0.29, 0.717) is 11.4 Å². The Bertz CT molecular complexity index is 514. The zero-order valence-corrected chi connectivity index (χ0v) is 16.7. The van der Waals surface area contributed by atoms with E-state index in [9.17, 15) is 19.8 Å². The van der Waals surface area contributed by atoms with Crippen LogP contribution in [0.2, 0.25) is 0 Å². The van der Waals surface area contributed by atoms with Gasteiger partial charge in [0, 0.05) is 11.4 Å². The van der Waals surface area contributed by atoms with Crippen molar-refractivity contribution < 1.29 is 65.7 Å². The molecule has 142 valence electrons. The Labute approximate surface area is 172 Å². The van der Waals surface area contributed by atoms with E-state index in [4.69, 9.17) is 0 Å². The number of carbonyl (C=O) groups is 2. The Morgan fingerprint density at radius 1 is 0.640 bits per heavy atom. The van der Waals surface area contributed by atoms with Crippen molar-refractivity contribution in [3.63, 3.8) is 0 Å². The van der Waals surface area contributed by atoms with Crippen molar-refractivity contribution in [2.45, 2.75) is 0 Å². The Morgan fingerprint density at radius 3 is 1.08 bits per heavy atom. The Morgan fingerprint density at radius 2 is 0.880 bits per heavy atom. The molecule has 0 unspecified atom stereocenters. The normalized spacial score (nSPS) is 7.04. The van der Waals surface area contributed by atoms with Gasteiger partial charge < -0.3 is 67.6 Å². The van der Waals surface area contributed by atoms with E-state index in [2.05, 4.69) is 10.6 Å². The fourth-order valence-electron chi connectivity index (χ4n) is 1.28. The van der Waals surface area contributed by atoms with Crippen molar-refractivity contribution in [2.75, 3.05) is 10.6 Å². The zero-order valence-electron chi connectivity index (χ0n) is 12.9. The minimum absolute atomic E-state index is 0. The summed E-state index contributed by atoms with van der Waals surface area (Å²) in [7, 11) is 0. The Balaban J connectivity index is -0.0000000889. The molecule has 0 radical (unpaired) electrons. The molecule has 0 aliphatic heterocycles. The molecule has 0 heterocycles. The predicted molar refractivity (Wildman–Crippen MR) is 81.0 cm³/mol. The molecule has 25 heavy (non-hydrogen) atoms. The number of halogens is 2. The van der Waals surface area contributed by atoms with Crippen molar-refractivity contribution in [3.05, 3.63) is 60.7 Å². The van der Waals surface area contributed by atoms with Crippen LogP contribution in [0.25, 0.3) is 0 Å². The van der Waals surface area contributed by atoms with Crippen molar-refractivity contribution in [1.29, 1.82) is 0 Å². The molecule has 2 amide bonds. The summed E-state index contributed by atoms with van der Waals surface area (Å²) in [5.41, 5.74) is 1.06. The van der Waals surface area contributed by atoms with Gasteiger partial charge in [-0.25, -0.2) is 0 Å². The van der Waals surface area contributed by atoms with Crippen molar-refractivity contribution in [1.82, 2.24) is 12.3 Å². The van der Waals surface area contributed by atoms with Crippen molar-refractivity contribution >= 4 is 23.6 Å². The molecule has 0 aliphatic carbocycles. The maximum absolute atomic E-state index is 9.95. The van der Waals surface area contributed by atoms with Gasteiger partial charge in [0.1, 0.15) is 12.2 Å². The smallest absolute Gasteiger partial charge is 1.00 e. The van der Waals surface area contributed by atoms with Crippen LogP contribution in [0.5, 0.6) is 0 Å². The molecular weight excluding hydrogens is 554 g/mol. The van der Waals surface area contributed by atoms with E-state index < -0.39 is 12.2 Å². The molecule has 8 nitrogen and oxygen atoms in total. The molecule has 0 bridgehead atoms. The third-order valence-electron chi connectivity index (χ3n) is 2.04. The van der Waals surface area contributed by atoms with Crippen LogP contribution in [0.1, 0.15) is 0 Å². The molecule has 8 N–H and O–H groups in total. The second-order valence-corrected chi connectivity index (χ2v) is 3.56. The van der Waals surface area contributed by atoms with Crippen LogP contribution in [0.4, 0.5) is 21.0 Å². The van der Waals surface area contributed by atoms with Crippen LogP contribution < -0.4 is 58.0 Å². The van der Waals surface area contributed by atoms with Crippen LogP contribution in [-0.4, -0.2) is 12.2 Å². The third kappa shape index (κ3) is 18.3. The maximum Gasteiger partial charge on any atom is 4.00 e. The van der Waals surface area contributed by atoms with Crippen LogP contribution in [0.3, 0.4) is 0 Å². The number of hydrogen-bond donors (Lipinski definition) is 4. The first-order chi connectivity index (χ1) is 9.58. The minimum atomic E-state index is -1.29. The molecule has 11 heteroatoms. The van der Waals surface area contributed by atoms with Gasteiger partial charge in [0.05, 0.1) is 0 Å². The average Bonchev–Trinajstić information content (AvgIpc) is 2.40. The number of hydrogen-bond acceptors (Lipinski definition) is 6. The fourth-order valence-corrected chi connectivity index (χ4v) is 1.28. The molecular formula is C14H18Cl2N4O4Pt. The standard InChI is InChI=1S/2C7H7NO2.2ClH.2H3N.Pt/c2*9-7(10)8-6-4-2-1-3-5-6;;;;;/h2*1-5,8H,(H,9,10);2*1H;2*1H3;/q;;;;;;+4/p-4. The van der Waals surface area contributed by atoms with Gasteiger partial charge in [0.2, 0.25) is 0 Å². The molecule has 0 aromatic heterocycles. The number of benzene rings is 2. The summed E-state index contributed by atoms with van der Waals surface area (Å²) in [4.78, 5) is 19.9. The summed E-state index contributed by atoms with van der Waals surface area (Å²) in [6.07, 6.45) is -2.57. The third-order valence-corrected chi connectivity index (χ3v) is 2.04. The summed E-state index contributed by atoms with van der Waals surface area (Å²) in [6.45, 7) is 0. The predicted octanol–water partition coefficient (Wildman–Crippen LogP) is -4.79. The number of rotatable bonds is 2. The van der Waals surface area contributed by atoms with Crippen molar-refractivity contribution in [2.24, 2.45) is 0 Å². The van der Waals surface area contributed by atoms with Crippen LogP contribution >= 0.6 is 0 Å². The summed E-state index contributed by atoms with van der Waals surface area (Å²) < 4.78 is 0. The Hall–Kier alpha value is -1.83. The van der Waals surface area contributed by atoms with Crippen LogP contribution in [0, 0.1) is 0 Å². The molecule has 2 rings (SSSR count). The molecule has 0 saturated heterocycles. The van der Waals surface area contributed by atoms with Gasteiger partial charge >= 0.3 is 21.1 Å². The van der Waals surface area contributed by atoms with E-state index in [-0.39, 0.29) is 58.2 Å². The monoisotopic (exact) mass is 571 g/mol. The average molecular weight is 572 g/mol. The number of anilines is 2. The van der Waals surface area contributed by atoms with E-state index in [1.165, 1.54) is 0 Å². The van der Waals surface area contributed by atoms with E-state index in [1.54, 1.807) is 60.7 Å². The second kappa shape index (κ2) is 20.2.